The molecule has 0 saturated carbocycles. The molecule has 3 N–H and O–H groups in total. The Kier molecular flexibility index (Phi) is 14.4. The molecule has 0 saturated heterocycles. The Morgan fingerprint density at radius 1 is 0.837 bits per heavy atom. The Labute approximate surface area is 250 Å². The molecule has 3 rings (SSSR count). The van der Waals surface area contributed by atoms with Crippen molar-refractivity contribution in [2.45, 2.75) is 52.5 Å². The van der Waals surface area contributed by atoms with Crippen LogP contribution in [0.5, 0.6) is 11.5 Å². The van der Waals surface area contributed by atoms with Crippen LogP contribution in [0.4, 0.5) is 0 Å². The molecule has 0 amide bonds. The minimum absolute atomic E-state index is 0.0185. The van der Waals surface area contributed by atoms with Crippen LogP contribution in [-0.2, 0) is 38.4 Å². The number of aromatic nitrogens is 5. The first-order valence-corrected chi connectivity index (χ1v) is 14.3. The Bertz CT molecular complexity index is 1260. The Hall–Kier alpha value is -4.01. The van der Waals surface area contributed by atoms with Crippen molar-refractivity contribution in [2.75, 3.05) is 52.9 Å². The van der Waals surface area contributed by atoms with Crippen LogP contribution in [0.25, 0.3) is 0 Å². The van der Waals surface area contributed by atoms with Crippen LogP contribution < -0.4 is 9.47 Å². The van der Waals surface area contributed by atoms with E-state index in [0.29, 0.717) is 77.1 Å². The summed E-state index contributed by atoms with van der Waals surface area (Å²) in [7, 11) is 0. The molecule has 3 aromatic rings. The molecular formula is C29H41N5O9. The molecule has 0 aliphatic rings. The van der Waals surface area contributed by atoms with E-state index in [4.69, 9.17) is 28.8 Å². The molecule has 0 radical (unpaired) electrons. The van der Waals surface area contributed by atoms with Crippen LogP contribution in [0, 0.1) is 13.8 Å². The number of ether oxygens (including phenoxy) is 5. The number of aliphatic carboxylic acids is 1. The molecule has 0 atom stereocenters. The van der Waals surface area contributed by atoms with Gasteiger partial charge in [-0.15, -0.1) is 5.10 Å². The van der Waals surface area contributed by atoms with Crippen molar-refractivity contribution in [3.05, 3.63) is 52.6 Å². The molecule has 1 aromatic carbocycles. The van der Waals surface area contributed by atoms with Gasteiger partial charge in [0.05, 0.1) is 82.8 Å². The molecule has 236 valence electrons. The lowest BCUT2D eigenvalue weighted by atomic mass is 10.1. The smallest absolute Gasteiger partial charge is 0.335 e. The standard InChI is InChI=1S/C29H41N5O9/c1-21-27(22(2)31-30-21)6-4-10-43-26-18-23(29(37)38)17-25(19-26)42-9-3-5-24-20-34(33-32-24)8-12-40-14-16-41-15-13-39-11-7-28(35)36/h17-20H,3-16H2,1-2H3,(H,30,31)(H,35,36)(H,37,38). The van der Waals surface area contributed by atoms with E-state index in [2.05, 4.69) is 20.5 Å². The lowest BCUT2D eigenvalue weighted by Crippen LogP contribution is -2.13. The summed E-state index contributed by atoms with van der Waals surface area (Å²) in [4.78, 5) is 22.0. The first-order valence-electron chi connectivity index (χ1n) is 14.3. The third kappa shape index (κ3) is 12.8. The van der Waals surface area contributed by atoms with Gasteiger partial charge in [0.25, 0.3) is 0 Å². The highest BCUT2D eigenvalue weighted by atomic mass is 16.5. The monoisotopic (exact) mass is 603 g/mol. The zero-order chi connectivity index (χ0) is 30.9. The van der Waals surface area contributed by atoms with E-state index in [-0.39, 0.29) is 18.6 Å². The summed E-state index contributed by atoms with van der Waals surface area (Å²) in [5.41, 5.74) is 4.13. The summed E-state index contributed by atoms with van der Waals surface area (Å²) in [6, 6.07) is 4.70. The summed E-state index contributed by atoms with van der Waals surface area (Å²) >= 11 is 0. The zero-order valence-electron chi connectivity index (χ0n) is 24.7. The molecule has 43 heavy (non-hydrogen) atoms. The van der Waals surface area contributed by atoms with E-state index in [9.17, 15) is 14.7 Å². The fraction of sp³-hybridized carbons (Fsp3) is 0.552. The van der Waals surface area contributed by atoms with Crippen molar-refractivity contribution >= 4 is 11.9 Å². The van der Waals surface area contributed by atoms with E-state index in [1.807, 2.05) is 20.0 Å². The van der Waals surface area contributed by atoms with Gasteiger partial charge in [0.1, 0.15) is 11.5 Å². The number of carbonyl (C=O) groups is 2. The molecule has 0 bridgehead atoms. The summed E-state index contributed by atoms with van der Waals surface area (Å²) in [6.07, 6.45) is 4.75. The molecule has 0 unspecified atom stereocenters. The van der Waals surface area contributed by atoms with Crippen molar-refractivity contribution in [2.24, 2.45) is 0 Å². The molecule has 14 heteroatoms. The summed E-state index contributed by atoms with van der Waals surface area (Å²) in [6.45, 7) is 7.52. The van der Waals surface area contributed by atoms with Gasteiger partial charge in [0.15, 0.2) is 0 Å². The minimum Gasteiger partial charge on any atom is -0.493 e. The van der Waals surface area contributed by atoms with E-state index < -0.39 is 11.9 Å². The van der Waals surface area contributed by atoms with E-state index >= 15 is 0 Å². The molecular weight excluding hydrogens is 562 g/mol. The highest BCUT2D eigenvalue weighted by molar-refractivity contribution is 5.88. The first-order chi connectivity index (χ1) is 20.8. The summed E-state index contributed by atoms with van der Waals surface area (Å²) in [5, 5.41) is 33.5. The number of hydrogen-bond donors (Lipinski definition) is 3. The van der Waals surface area contributed by atoms with Gasteiger partial charge in [0.2, 0.25) is 0 Å². The Morgan fingerprint density at radius 3 is 2.07 bits per heavy atom. The molecule has 0 spiro atoms. The number of nitrogens with zero attached hydrogens (tertiary/aromatic N) is 4. The number of carboxylic acids is 2. The average molecular weight is 604 g/mol. The van der Waals surface area contributed by atoms with Crippen LogP contribution >= 0.6 is 0 Å². The SMILES string of the molecule is Cc1n[nH]c(C)c1CCCOc1cc(OCCCc2cn(CCOCCOCCOCCC(=O)O)nn2)cc(C(=O)O)c1. The maximum atomic E-state index is 11.6. The van der Waals surface area contributed by atoms with Crippen molar-refractivity contribution in [3.63, 3.8) is 0 Å². The quantitative estimate of drug-likeness (QED) is 0.135. The van der Waals surface area contributed by atoms with Gasteiger partial charge < -0.3 is 33.9 Å². The van der Waals surface area contributed by atoms with E-state index in [1.54, 1.807) is 10.7 Å². The predicted octanol–water partition coefficient (Wildman–Crippen LogP) is 2.86. The predicted molar refractivity (Wildman–Crippen MR) is 154 cm³/mol. The van der Waals surface area contributed by atoms with Crippen molar-refractivity contribution in [3.8, 4) is 11.5 Å². The van der Waals surface area contributed by atoms with E-state index in [0.717, 1.165) is 29.9 Å². The largest absolute Gasteiger partial charge is 0.493 e. The normalized spacial score (nSPS) is 11.1. The lowest BCUT2D eigenvalue weighted by molar-refractivity contribution is -0.138. The number of rotatable bonds is 23. The number of aromatic carboxylic acids is 1. The minimum atomic E-state index is -1.05. The third-order valence-corrected chi connectivity index (χ3v) is 6.35. The van der Waals surface area contributed by atoms with Gasteiger partial charge in [-0.25, -0.2) is 9.48 Å². The number of carboxylic acid groups (broad SMARTS) is 2. The third-order valence-electron chi connectivity index (χ3n) is 6.35. The summed E-state index contributed by atoms with van der Waals surface area (Å²) in [5.74, 6) is -1.04. The number of H-pyrrole nitrogens is 1. The number of nitrogens with one attached hydrogen (secondary N) is 1. The number of aromatic amines is 1. The second-order valence-corrected chi connectivity index (χ2v) is 9.77. The molecule has 2 heterocycles. The lowest BCUT2D eigenvalue weighted by Gasteiger charge is -2.11. The summed E-state index contributed by atoms with van der Waals surface area (Å²) < 4.78 is 29.4. The number of benzene rings is 1. The fourth-order valence-corrected chi connectivity index (χ4v) is 4.11. The van der Waals surface area contributed by atoms with Gasteiger partial charge in [0, 0.05) is 18.0 Å². The van der Waals surface area contributed by atoms with Gasteiger partial charge >= 0.3 is 11.9 Å². The highest BCUT2D eigenvalue weighted by Crippen LogP contribution is 2.24. The second kappa shape index (κ2) is 18.5. The van der Waals surface area contributed by atoms with Gasteiger partial charge in [-0.3, -0.25) is 9.89 Å². The van der Waals surface area contributed by atoms with Gasteiger partial charge in [-0.1, -0.05) is 5.21 Å². The molecule has 0 fully saturated rings. The molecule has 0 aliphatic carbocycles. The maximum absolute atomic E-state index is 11.6. The Balaban J connectivity index is 1.29. The van der Waals surface area contributed by atoms with Crippen molar-refractivity contribution < 1.29 is 43.5 Å². The fourth-order valence-electron chi connectivity index (χ4n) is 4.11. The van der Waals surface area contributed by atoms with Crippen LogP contribution in [0.2, 0.25) is 0 Å². The number of hydrogen-bond acceptors (Lipinski definition) is 10. The molecule has 2 aromatic heterocycles. The van der Waals surface area contributed by atoms with Crippen molar-refractivity contribution in [1.29, 1.82) is 0 Å². The topological polar surface area (TPSA) is 180 Å². The first kappa shape index (κ1) is 33.5. The van der Waals surface area contributed by atoms with Crippen LogP contribution in [-0.4, -0.2) is 100 Å². The van der Waals surface area contributed by atoms with Gasteiger partial charge in [-0.05, 0) is 57.2 Å². The zero-order valence-corrected chi connectivity index (χ0v) is 24.7. The van der Waals surface area contributed by atoms with E-state index in [1.165, 1.54) is 17.7 Å². The van der Waals surface area contributed by atoms with Gasteiger partial charge in [-0.2, -0.15) is 5.10 Å². The maximum Gasteiger partial charge on any atom is 0.335 e. The van der Waals surface area contributed by atoms with Crippen molar-refractivity contribution in [1.82, 2.24) is 25.2 Å². The van der Waals surface area contributed by atoms with Crippen LogP contribution in [0.1, 0.15) is 52.3 Å². The van der Waals surface area contributed by atoms with Crippen LogP contribution in [0.15, 0.2) is 24.4 Å². The van der Waals surface area contributed by atoms with Crippen LogP contribution in [0.3, 0.4) is 0 Å². The number of aryl methyl sites for hydroxylation is 3. The molecule has 14 nitrogen and oxygen atoms in total. The molecule has 0 aliphatic heterocycles. The Morgan fingerprint density at radius 2 is 1.47 bits per heavy atom. The average Bonchev–Trinajstić information content (AvgIpc) is 3.57. The highest BCUT2D eigenvalue weighted by Gasteiger charge is 2.11. The second-order valence-electron chi connectivity index (χ2n) is 9.77.